The van der Waals surface area contributed by atoms with Crippen molar-refractivity contribution in [2.45, 2.75) is 24.3 Å². The first-order chi connectivity index (χ1) is 9.60. The van der Waals surface area contributed by atoms with E-state index in [0.29, 0.717) is 0 Å². The van der Waals surface area contributed by atoms with Gasteiger partial charge in [0.05, 0.1) is 6.42 Å². The fourth-order valence-corrected chi connectivity index (χ4v) is 4.15. The minimum absolute atomic E-state index is 0.00758. The number of halogens is 1. The molecule has 20 heavy (non-hydrogen) atoms. The molecule has 1 N–H and O–H groups in total. The van der Waals surface area contributed by atoms with E-state index in [1.54, 1.807) is 11.8 Å². The van der Waals surface area contributed by atoms with Crippen LogP contribution in [0.1, 0.15) is 19.3 Å². The third kappa shape index (κ3) is 2.83. The van der Waals surface area contributed by atoms with E-state index in [1.807, 2.05) is 24.4 Å². The Balaban J connectivity index is 1.82. The number of aromatic nitrogens is 1. The normalized spacial score (nSPS) is 16.2. The third-order valence-corrected chi connectivity index (χ3v) is 5.76. The summed E-state index contributed by atoms with van der Waals surface area (Å²) < 4.78 is 1.06. The van der Waals surface area contributed by atoms with Crippen LogP contribution in [0.25, 0.3) is 10.8 Å². The van der Waals surface area contributed by atoms with Crippen LogP contribution < -0.4 is 0 Å². The minimum atomic E-state index is -0.697. The molecule has 5 heteroatoms. The van der Waals surface area contributed by atoms with Gasteiger partial charge in [0.25, 0.3) is 0 Å². The van der Waals surface area contributed by atoms with E-state index in [0.717, 1.165) is 38.9 Å². The molecule has 0 unspecified atom stereocenters. The largest absolute Gasteiger partial charge is 0.481 e. The Morgan fingerprint density at radius 1 is 1.35 bits per heavy atom. The van der Waals surface area contributed by atoms with Gasteiger partial charge in [0.15, 0.2) is 0 Å². The van der Waals surface area contributed by atoms with Gasteiger partial charge in [-0.1, -0.05) is 28.1 Å². The van der Waals surface area contributed by atoms with E-state index in [-0.39, 0.29) is 11.8 Å². The number of nitrogens with zero attached hydrogens (tertiary/aromatic N) is 1. The summed E-state index contributed by atoms with van der Waals surface area (Å²) in [6.45, 7) is 0. The zero-order chi connectivity index (χ0) is 14.2. The molecular formula is C15H14BrNO2S. The molecule has 2 aromatic rings. The second-order valence-corrected chi connectivity index (χ2v) is 7.13. The molecule has 1 saturated carbocycles. The second-order valence-electron chi connectivity index (χ2n) is 5.31. The molecule has 1 heterocycles. The van der Waals surface area contributed by atoms with Crippen molar-refractivity contribution >= 4 is 44.4 Å². The topological polar surface area (TPSA) is 50.2 Å². The molecule has 1 aromatic carbocycles. The van der Waals surface area contributed by atoms with Gasteiger partial charge >= 0.3 is 5.97 Å². The smallest absolute Gasteiger partial charge is 0.303 e. The van der Waals surface area contributed by atoms with Crippen LogP contribution in [0.3, 0.4) is 0 Å². The second kappa shape index (κ2) is 5.37. The van der Waals surface area contributed by atoms with Crippen molar-refractivity contribution in [3.8, 4) is 0 Å². The molecule has 0 aliphatic heterocycles. The minimum Gasteiger partial charge on any atom is -0.481 e. The number of benzene rings is 1. The van der Waals surface area contributed by atoms with Gasteiger partial charge in [0.1, 0.15) is 5.03 Å². The fourth-order valence-electron chi connectivity index (χ4n) is 2.35. The Labute approximate surface area is 129 Å². The molecule has 3 nitrogen and oxygen atoms in total. The standard InChI is InChI=1S/C15H14BrNO2S/c16-12-3-1-2-11-10(12)4-7-17-14(11)20-9-15(5-6-15)8-13(18)19/h1-4,7H,5-6,8-9H2,(H,18,19). The summed E-state index contributed by atoms with van der Waals surface area (Å²) in [4.78, 5) is 15.3. The molecule has 1 aliphatic rings. The van der Waals surface area contributed by atoms with Gasteiger partial charge in [-0.2, -0.15) is 0 Å². The number of pyridine rings is 1. The van der Waals surface area contributed by atoms with E-state index < -0.39 is 5.97 Å². The molecule has 104 valence electrons. The molecule has 0 atom stereocenters. The lowest BCUT2D eigenvalue weighted by Crippen LogP contribution is -2.11. The van der Waals surface area contributed by atoms with Crippen molar-refractivity contribution in [3.05, 3.63) is 34.9 Å². The van der Waals surface area contributed by atoms with Crippen molar-refractivity contribution < 1.29 is 9.90 Å². The summed E-state index contributed by atoms with van der Waals surface area (Å²) in [5.74, 6) is 0.134. The highest BCUT2D eigenvalue weighted by Gasteiger charge is 2.44. The van der Waals surface area contributed by atoms with E-state index in [9.17, 15) is 4.79 Å². The predicted molar refractivity (Wildman–Crippen MR) is 84.1 cm³/mol. The highest BCUT2D eigenvalue weighted by molar-refractivity contribution is 9.10. The van der Waals surface area contributed by atoms with Gasteiger partial charge in [0, 0.05) is 27.2 Å². The molecular weight excluding hydrogens is 338 g/mol. The fraction of sp³-hybridized carbons (Fsp3) is 0.333. The summed E-state index contributed by atoms with van der Waals surface area (Å²) >= 11 is 5.23. The van der Waals surface area contributed by atoms with Gasteiger partial charge in [-0.15, -0.1) is 11.8 Å². The molecule has 0 spiro atoms. The Hall–Kier alpha value is -1.07. The van der Waals surface area contributed by atoms with Crippen LogP contribution in [-0.2, 0) is 4.79 Å². The highest BCUT2D eigenvalue weighted by Crippen LogP contribution is 2.52. The number of fused-ring (bicyclic) bond motifs is 1. The quantitative estimate of drug-likeness (QED) is 0.813. The number of hydrogen-bond acceptors (Lipinski definition) is 3. The Morgan fingerprint density at radius 2 is 2.15 bits per heavy atom. The van der Waals surface area contributed by atoms with E-state index in [1.165, 1.54) is 0 Å². The highest BCUT2D eigenvalue weighted by atomic mass is 79.9. The molecule has 0 saturated heterocycles. The van der Waals surface area contributed by atoms with Crippen LogP contribution in [-0.4, -0.2) is 21.8 Å². The lowest BCUT2D eigenvalue weighted by molar-refractivity contribution is -0.138. The van der Waals surface area contributed by atoms with E-state index >= 15 is 0 Å². The number of carbonyl (C=O) groups is 1. The molecule has 0 amide bonds. The average molecular weight is 352 g/mol. The molecule has 1 aliphatic carbocycles. The summed E-state index contributed by atoms with van der Waals surface area (Å²) in [6.07, 6.45) is 4.11. The molecule has 3 rings (SSSR count). The lowest BCUT2D eigenvalue weighted by Gasteiger charge is -2.12. The number of thioether (sulfide) groups is 1. The molecule has 1 aromatic heterocycles. The van der Waals surface area contributed by atoms with E-state index in [2.05, 4.69) is 27.0 Å². The first-order valence-electron chi connectivity index (χ1n) is 6.48. The maximum Gasteiger partial charge on any atom is 0.303 e. The van der Waals surface area contributed by atoms with Gasteiger partial charge < -0.3 is 5.11 Å². The lowest BCUT2D eigenvalue weighted by atomic mass is 10.1. The Kier molecular flexibility index (Phi) is 3.73. The summed E-state index contributed by atoms with van der Waals surface area (Å²) in [5.41, 5.74) is -0.00758. The number of carboxylic acid groups (broad SMARTS) is 1. The molecule has 1 fully saturated rings. The first kappa shape index (κ1) is 13.9. The number of hydrogen-bond donors (Lipinski definition) is 1. The monoisotopic (exact) mass is 351 g/mol. The van der Waals surface area contributed by atoms with Crippen LogP contribution >= 0.6 is 27.7 Å². The molecule has 0 bridgehead atoms. The average Bonchev–Trinajstić information content (AvgIpc) is 3.16. The molecule has 0 radical (unpaired) electrons. The van der Waals surface area contributed by atoms with Crippen LogP contribution in [0.2, 0.25) is 0 Å². The number of carboxylic acids is 1. The van der Waals surface area contributed by atoms with Crippen molar-refractivity contribution in [2.24, 2.45) is 5.41 Å². The summed E-state index contributed by atoms with van der Waals surface area (Å²) in [7, 11) is 0. The maximum absolute atomic E-state index is 10.9. The van der Waals surface area contributed by atoms with Crippen molar-refractivity contribution in [3.63, 3.8) is 0 Å². The zero-order valence-electron chi connectivity index (χ0n) is 10.8. The van der Waals surface area contributed by atoms with Gasteiger partial charge in [-0.3, -0.25) is 4.79 Å². The Morgan fingerprint density at radius 3 is 2.85 bits per heavy atom. The SMILES string of the molecule is O=C(O)CC1(CSc2nccc3c(Br)cccc23)CC1. The summed E-state index contributed by atoms with van der Waals surface area (Å²) in [6, 6.07) is 8.08. The van der Waals surface area contributed by atoms with Crippen molar-refractivity contribution in [1.29, 1.82) is 0 Å². The summed E-state index contributed by atoms with van der Waals surface area (Å²) in [5, 5.41) is 12.2. The third-order valence-electron chi connectivity index (χ3n) is 3.71. The van der Waals surface area contributed by atoms with Crippen molar-refractivity contribution in [2.75, 3.05) is 5.75 Å². The number of rotatable bonds is 5. The van der Waals surface area contributed by atoms with E-state index in [4.69, 9.17) is 5.11 Å². The van der Waals surface area contributed by atoms with Crippen molar-refractivity contribution in [1.82, 2.24) is 4.98 Å². The van der Waals surface area contributed by atoms with Gasteiger partial charge in [-0.25, -0.2) is 4.98 Å². The Bertz CT molecular complexity index is 670. The van der Waals surface area contributed by atoms with Crippen LogP contribution in [0.15, 0.2) is 40.0 Å². The predicted octanol–water partition coefficient (Wildman–Crippen LogP) is 4.34. The van der Waals surface area contributed by atoms with Crippen LogP contribution in [0.5, 0.6) is 0 Å². The van der Waals surface area contributed by atoms with Crippen LogP contribution in [0, 0.1) is 5.41 Å². The van der Waals surface area contributed by atoms with Gasteiger partial charge in [-0.05, 0) is 30.4 Å². The van der Waals surface area contributed by atoms with Gasteiger partial charge in [0.2, 0.25) is 0 Å². The van der Waals surface area contributed by atoms with Crippen LogP contribution in [0.4, 0.5) is 0 Å². The number of aliphatic carboxylic acids is 1. The first-order valence-corrected chi connectivity index (χ1v) is 8.25. The maximum atomic E-state index is 10.9. The zero-order valence-corrected chi connectivity index (χ0v) is 13.2.